The fourth-order valence-corrected chi connectivity index (χ4v) is 1.34. The molecule has 0 aliphatic carbocycles. The molecule has 0 aliphatic rings. The average Bonchev–Trinajstić information content (AvgIpc) is 2.16. The highest BCUT2D eigenvalue weighted by atomic mass is 35.5. The van der Waals surface area contributed by atoms with Gasteiger partial charge in [-0.15, -0.1) is 0 Å². The smallest absolute Gasteiger partial charge is 0.179 e. The van der Waals surface area contributed by atoms with Crippen LogP contribution in [0.5, 0.6) is 5.75 Å². The summed E-state index contributed by atoms with van der Waals surface area (Å²) in [5, 5.41) is 0.416. The number of hydrogen-bond donors (Lipinski definition) is 1. The Kier molecular flexibility index (Phi) is 3.49. The summed E-state index contributed by atoms with van der Waals surface area (Å²) in [6, 6.07) is 4.35. The molecular weight excluding hydrogens is 202 g/mol. The van der Waals surface area contributed by atoms with E-state index in [1.807, 2.05) is 0 Å². The summed E-state index contributed by atoms with van der Waals surface area (Å²) in [6.45, 7) is 1.64. The van der Waals surface area contributed by atoms with Crippen LogP contribution in [-0.2, 0) is 0 Å². The minimum atomic E-state index is -0.514. The first-order valence-electron chi connectivity index (χ1n) is 4.19. The fourth-order valence-electron chi connectivity index (χ4n) is 1.08. The number of nitrogens with two attached hydrogens (primary N) is 1. The summed E-state index contributed by atoms with van der Waals surface area (Å²) < 4.78 is 4.97. The van der Waals surface area contributed by atoms with E-state index in [2.05, 4.69) is 0 Å². The number of Topliss-reactive ketones (excluding diaryl/α,β-unsaturated/α-hetero) is 1. The zero-order valence-corrected chi connectivity index (χ0v) is 8.84. The van der Waals surface area contributed by atoms with Gasteiger partial charge in [-0.1, -0.05) is 11.6 Å². The number of carbonyl (C=O) groups excluding carboxylic acids is 1. The molecule has 0 radical (unpaired) electrons. The van der Waals surface area contributed by atoms with Gasteiger partial charge in [-0.2, -0.15) is 0 Å². The maximum absolute atomic E-state index is 11.5. The van der Waals surface area contributed by atoms with Crippen LogP contribution in [0, 0.1) is 0 Å². The lowest BCUT2D eigenvalue weighted by Gasteiger charge is -2.07. The maximum Gasteiger partial charge on any atom is 0.179 e. The van der Waals surface area contributed by atoms with Crippen molar-refractivity contribution in [3.8, 4) is 5.75 Å². The van der Waals surface area contributed by atoms with Crippen LogP contribution in [0.25, 0.3) is 0 Å². The van der Waals surface area contributed by atoms with Gasteiger partial charge in [0, 0.05) is 5.56 Å². The molecule has 0 amide bonds. The van der Waals surface area contributed by atoms with Crippen LogP contribution in [0.4, 0.5) is 0 Å². The number of hydrogen-bond acceptors (Lipinski definition) is 3. The largest absolute Gasteiger partial charge is 0.495 e. The van der Waals surface area contributed by atoms with Gasteiger partial charge in [0.25, 0.3) is 0 Å². The van der Waals surface area contributed by atoms with Crippen molar-refractivity contribution in [3.05, 3.63) is 28.8 Å². The van der Waals surface area contributed by atoms with E-state index in [9.17, 15) is 4.79 Å². The van der Waals surface area contributed by atoms with Crippen LogP contribution >= 0.6 is 11.6 Å². The summed E-state index contributed by atoms with van der Waals surface area (Å²) in [4.78, 5) is 11.5. The first-order chi connectivity index (χ1) is 6.56. The Morgan fingerprint density at radius 3 is 2.64 bits per heavy atom. The second-order valence-corrected chi connectivity index (χ2v) is 3.41. The average molecular weight is 214 g/mol. The molecule has 1 rings (SSSR count). The number of halogens is 1. The highest BCUT2D eigenvalue weighted by Crippen LogP contribution is 2.25. The Morgan fingerprint density at radius 1 is 1.57 bits per heavy atom. The number of methoxy groups -OCH3 is 1. The van der Waals surface area contributed by atoms with Gasteiger partial charge in [0.2, 0.25) is 0 Å². The third-order valence-corrected chi connectivity index (χ3v) is 2.15. The molecule has 0 aliphatic heterocycles. The van der Waals surface area contributed by atoms with Crippen molar-refractivity contribution in [1.29, 1.82) is 0 Å². The zero-order valence-electron chi connectivity index (χ0n) is 8.08. The van der Waals surface area contributed by atoms with Gasteiger partial charge in [0.15, 0.2) is 5.78 Å². The molecule has 76 valence electrons. The Morgan fingerprint density at radius 2 is 2.21 bits per heavy atom. The van der Waals surface area contributed by atoms with Crippen LogP contribution in [0.1, 0.15) is 17.3 Å². The van der Waals surface area contributed by atoms with E-state index in [1.165, 1.54) is 7.11 Å². The molecule has 2 N–H and O–H groups in total. The Labute approximate surface area is 87.8 Å². The lowest BCUT2D eigenvalue weighted by molar-refractivity contribution is 0.0968. The molecule has 0 aromatic heterocycles. The summed E-state index contributed by atoms with van der Waals surface area (Å²) in [5.74, 6) is 0.419. The quantitative estimate of drug-likeness (QED) is 0.780. The Balaban J connectivity index is 3.03. The maximum atomic E-state index is 11.5. The number of ether oxygens (including phenoxy) is 1. The first-order valence-corrected chi connectivity index (χ1v) is 4.57. The summed E-state index contributed by atoms with van der Waals surface area (Å²) in [5.41, 5.74) is 5.97. The molecule has 0 spiro atoms. The number of ketones is 1. The monoisotopic (exact) mass is 213 g/mol. The molecule has 3 nitrogen and oxygen atoms in total. The molecule has 0 saturated carbocycles. The second-order valence-electron chi connectivity index (χ2n) is 3.00. The van der Waals surface area contributed by atoms with Gasteiger partial charge in [-0.05, 0) is 25.1 Å². The Bertz CT molecular complexity index is 350. The predicted molar refractivity (Wildman–Crippen MR) is 56.0 cm³/mol. The van der Waals surface area contributed by atoms with Crippen molar-refractivity contribution in [2.24, 2.45) is 5.73 Å². The van der Waals surface area contributed by atoms with Gasteiger partial charge in [-0.25, -0.2) is 0 Å². The van der Waals surface area contributed by atoms with Crippen molar-refractivity contribution in [3.63, 3.8) is 0 Å². The van der Waals surface area contributed by atoms with Crippen LogP contribution in [-0.4, -0.2) is 18.9 Å². The molecule has 1 atom stereocenters. The Hall–Kier alpha value is -1.06. The van der Waals surface area contributed by atoms with E-state index in [1.54, 1.807) is 25.1 Å². The molecule has 0 heterocycles. The van der Waals surface area contributed by atoms with E-state index in [-0.39, 0.29) is 5.78 Å². The molecule has 0 saturated heterocycles. The normalized spacial score (nSPS) is 12.3. The molecule has 1 aromatic carbocycles. The fraction of sp³-hybridized carbons (Fsp3) is 0.300. The predicted octanol–water partition coefficient (Wildman–Crippen LogP) is 1.88. The van der Waals surface area contributed by atoms with Gasteiger partial charge in [-0.3, -0.25) is 4.79 Å². The van der Waals surface area contributed by atoms with Crippen molar-refractivity contribution in [2.45, 2.75) is 13.0 Å². The van der Waals surface area contributed by atoms with Gasteiger partial charge in [0.1, 0.15) is 5.75 Å². The van der Waals surface area contributed by atoms with E-state index in [4.69, 9.17) is 22.1 Å². The van der Waals surface area contributed by atoms with Crippen LogP contribution in [0.3, 0.4) is 0 Å². The molecule has 4 heteroatoms. The van der Waals surface area contributed by atoms with E-state index in [0.29, 0.717) is 16.3 Å². The van der Waals surface area contributed by atoms with Crippen molar-refractivity contribution in [2.75, 3.05) is 7.11 Å². The van der Waals surface area contributed by atoms with Crippen molar-refractivity contribution >= 4 is 17.4 Å². The van der Waals surface area contributed by atoms with Gasteiger partial charge in [0.05, 0.1) is 18.2 Å². The standard InChI is InChI=1S/C10H12ClNO2/c1-6(12)10(13)7-3-4-9(14-2)8(11)5-7/h3-6H,12H2,1-2H3/t6-/m0/s1. The van der Waals surface area contributed by atoms with Crippen LogP contribution in [0.15, 0.2) is 18.2 Å². The van der Waals surface area contributed by atoms with E-state index in [0.717, 1.165) is 0 Å². The van der Waals surface area contributed by atoms with E-state index < -0.39 is 6.04 Å². The highest BCUT2D eigenvalue weighted by molar-refractivity contribution is 6.32. The van der Waals surface area contributed by atoms with Crippen LogP contribution in [0.2, 0.25) is 5.02 Å². The zero-order chi connectivity index (χ0) is 10.7. The minimum Gasteiger partial charge on any atom is -0.495 e. The molecule has 14 heavy (non-hydrogen) atoms. The lowest BCUT2D eigenvalue weighted by atomic mass is 10.1. The molecule has 0 unspecified atom stereocenters. The van der Waals surface area contributed by atoms with E-state index >= 15 is 0 Å². The minimum absolute atomic E-state index is 0.130. The number of benzene rings is 1. The number of rotatable bonds is 3. The number of carbonyl (C=O) groups is 1. The van der Waals surface area contributed by atoms with Crippen molar-refractivity contribution in [1.82, 2.24) is 0 Å². The van der Waals surface area contributed by atoms with Crippen molar-refractivity contribution < 1.29 is 9.53 Å². The third-order valence-electron chi connectivity index (χ3n) is 1.85. The van der Waals surface area contributed by atoms with Gasteiger partial charge >= 0.3 is 0 Å². The summed E-state index contributed by atoms with van der Waals surface area (Å²) in [7, 11) is 1.52. The SMILES string of the molecule is COc1ccc(C(=O)[C@H](C)N)cc1Cl. The lowest BCUT2D eigenvalue weighted by Crippen LogP contribution is -2.26. The second kappa shape index (κ2) is 4.44. The van der Waals surface area contributed by atoms with Gasteiger partial charge < -0.3 is 10.5 Å². The highest BCUT2D eigenvalue weighted by Gasteiger charge is 2.12. The first kappa shape index (κ1) is 11.0. The molecular formula is C10H12ClNO2. The summed E-state index contributed by atoms with van der Waals surface area (Å²) in [6.07, 6.45) is 0. The topological polar surface area (TPSA) is 52.3 Å². The third kappa shape index (κ3) is 2.25. The van der Waals surface area contributed by atoms with Crippen LogP contribution < -0.4 is 10.5 Å². The summed E-state index contributed by atoms with van der Waals surface area (Å²) >= 11 is 5.86. The molecule has 0 bridgehead atoms. The molecule has 1 aromatic rings. The molecule has 0 fully saturated rings.